The molecule has 0 spiro atoms. The highest BCUT2D eigenvalue weighted by Gasteiger charge is 2.17. The summed E-state index contributed by atoms with van der Waals surface area (Å²) in [5.41, 5.74) is 1.11. The molecule has 0 N–H and O–H groups in total. The average molecular weight is 310 g/mol. The number of halogens is 1. The Hall–Kier alpha value is -1.86. The number of benzene rings is 1. The van der Waals surface area contributed by atoms with Gasteiger partial charge in [-0.3, -0.25) is 0 Å². The number of allylic oxidation sites excluding steroid dienone is 1. The number of nitrogens with zero attached hydrogens (tertiary/aromatic N) is 1. The van der Waals surface area contributed by atoms with Gasteiger partial charge < -0.3 is 14.2 Å². The van der Waals surface area contributed by atoms with Crippen molar-refractivity contribution < 1.29 is 14.2 Å². The van der Waals surface area contributed by atoms with Gasteiger partial charge in [-0.25, -0.2) is 0 Å². The highest BCUT2D eigenvalue weighted by molar-refractivity contribution is 6.49. The molecule has 0 radical (unpaired) electrons. The molecule has 114 valence electrons. The zero-order valence-corrected chi connectivity index (χ0v) is 13.6. The minimum atomic E-state index is 0.377. The van der Waals surface area contributed by atoms with Crippen molar-refractivity contribution in [2.75, 3.05) is 19.8 Å². The lowest BCUT2D eigenvalue weighted by Gasteiger charge is -2.17. The van der Waals surface area contributed by atoms with Crippen LogP contribution < -0.4 is 14.2 Å². The number of hydrogen-bond donors (Lipinski definition) is 0. The summed E-state index contributed by atoms with van der Waals surface area (Å²) >= 11 is 6.24. The summed E-state index contributed by atoms with van der Waals surface area (Å²) in [6.45, 7) is 8.83. The molecule has 0 bridgehead atoms. The first-order chi connectivity index (χ1) is 10.1. The zero-order chi connectivity index (χ0) is 15.8. The van der Waals surface area contributed by atoms with Gasteiger partial charge >= 0.3 is 0 Å². The largest absolute Gasteiger partial charge is 0.490 e. The maximum atomic E-state index is 8.97. The summed E-state index contributed by atoms with van der Waals surface area (Å²) in [6, 6.07) is 5.57. The van der Waals surface area contributed by atoms with E-state index in [2.05, 4.69) is 0 Å². The van der Waals surface area contributed by atoms with E-state index in [1.807, 2.05) is 26.8 Å². The second kappa shape index (κ2) is 8.43. The van der Waals surface area contributed by atoms with Crippen LogP contribution in [-0.2, 0) is 0 Å². The molecule has 0 aliphatic carbocycles. The van der Waals surface area contributed by atoms with E-state index >= 15 is 0 Å². The Morgan fingerprint density at radius 3 is 1.90 bits per heavy atom. The van der Waals surface area contributed by atoms with Crippen molar-refractivity contribution in [3.8, 4) is 23.3 Å². The number of nitriles is 1. The highest BCUT2D eigenvalue weighted by atomic mass is 35.5. The molecule has 1 aromatic carbocycles. The molecule has 0 aliphatic heterocycles. The van der Waals surface area contributed by atoms with Gasteiger partial charge in [0.15, 0.2) is 11.5 Å². The molecule has 0 aromatic heterocycles. The fourth-order valence-electron chi connectivity index (χ4n) is 1.78. The van der Waals surface area contributed by atoms with Crippen molar-refractivity contribution in [2.24, 2.45) is 0 Å². The molecule has 0 fully saturated rings. The summed E-state index contributed by atoms with van der Waals surface area (Å²) in [5, 5.41) is 9.35. The minimum absolute atomic E-state index is 0.377. The first kappa shape index (κ1) is 17.2. The van der Waals surface area contributed by atoms with Crippen LogP contribution in [0.25, 0.3) is 5.03 Å². The van der Waals surface area contributed by atoms with Crippen LogP contribution in [0.4, 0.5) is 0 Å². The van der Waals surface area contributed by atoms with Crippen molar-refractivity contribution in [3.05, 3.63) is 23.3 Å². The maximum Gasteiger partial charge on any atom is 0.203 e. The van der Waals surface area contributed by atoms with Crippen molar-refractivity contribution >= 4 is 16.6 Å². The average Bonchev–Trinajstić information content (AvgIpc) is 2.49. The topological polar surface area (TPSA) is 51.5 Å². The smallest absolute Gasteiger partial charge is 0.203 e. The minimum Gasteiger partial charge on any atom is -0.490 e. The molecule has 0 aliphatic rings. The molecule has 0 amide bonds. The lowest BCUT2D eigenvalue weighted by Crippen LogP contribution is -2.03. The first-order valence-electron chi connectivity index (χ1n) is 6.92. The standard InChI is InChI=1S/C16H20ClNO3/c1-5-19-13-8-12(15(17)11(4)10-18)9-14(20-6-2)16(13)21-7-3/h8-9H,5-7H2,1-4H3. The van der Waals surface area contributed by atoms with Crippen molar-refractivity contribution in [1.82, 2.24) is 0 Å². The monoisotopic (exact) mass is 309 g/mol. The molecular weight excluding hydrogens is 290 g/mol. The fraction of sp³-hybridized carbons (Fsp3) is 0.438. The number of hydrogen-bond acceptors (Lipinski definition) is 4. The van der Waals surface area contributed by atoms with E-state index in [-0.39, 0.29) is 0 Å². The third kappa shape index (κ3) is 4.30. The van der Waals surface area contributed by atoms with Crippen molar-refractivity contribution in [3.63, 3.8) is 0 Å². The van der Waals surface area contributed by atoms with E-state index in [4.69, 9.17) is 31.1 Å². The van der Waals surface area contributed by atoms with Crippen LogP contribution in [0.5, 0.6) is 17.2 Å². The van der Waals surface area contributed by atoms with E-state index in [1.54, 1.807) is 19.1 Å². The van der Waals surface area contributed by atoms with Gasteiger partial charge in [0.05, 0.1) is 30.9 Å². The number of ether oxygens (including phenoxy) is 3. The van der Waals surface area contributed by atoms with E-state index in [0.717, 1.165) is 0 Å². The van der Waals surface area contributed by atoms with Gasteiger partial charge in [-0.15, -0.1) is 0 Å². The van der Waals surface area contributed by atoms with Crippen LogP contribution in [-0.4, -0.2) is 19.8 Å². The van der Waals surface area contributed by atoms with Crippen molar-refractivity contribution in [2.45, 2.75) is 27.7 Å². The summed E-state index contributed by atoms with van der Waals surface area (Å²) < 4.78 is 16.8. The van der Waals surface area contributed by atoms with Crippen LogP contribution in [0.15, 0.2) is 17.7 Å². The van der Waals surface area contributed by atoms with Crippen LogP contribution in [0.1, 0.15) is 33.3 Å². The Labute approximate surface area is 130 Å². The van der Waals surface area contributed by atoms with Crippen LogP contribution >= 0.6 is 11.6 Å². The molecule has 0 unspecified atom stereocenters. The summed E-state index contributed by atoms with van der Waals surface area (Å²) in [7, 11) is 0. The Balaban J connectivity index is 3.46. The molecule has 0 saturated carbocycles. The van der Waals surface area contributed by atoms with Gasteiger partial charge in [-0.1, -0.05) is 11.6 Å². The van der Waals surface area contributed by atoms with Gasteiger partial charge in [0, 0.05) is 11.1 Å². The molecule has 4 nitrogen and oxygen atoms in total. The van der Waals surface area contributed by atoms with Crippen molar-refractivity contribution in [1.29, 1.82) is 5.26 Å². The molecule has 0 saturated heterocycles. The lowest BCUT2D eigenvalue weighted by molar-refractivity contribution is 0.260. The van der Waals surface area contributed by atoms with Crippen LogP contribution in [0.2, 0.25) is 0 Å². The van der Waals surface area contributed by atoms with Gasteiger partial charge in [0.25, 0.3) is 0 Å². The van der Waals surface area contributed by atoms with Gasteiger partial charge in [0.2, 0.25) is 5.75 Å². The molecule has 1 aromatic rings. The summed E-state index contributed by atoms with van der Waals surface area (Å²) in [4.78, 5) is 0. The molecule has 5 heteroatoms. The Morgan fingerprint density at radius 2 is 1.52 bits per heavy atom. The summed E-state index contributed by atoms with van der Waals surface area (Å²) in [6.07, 6.45) is 0. The normalized spacial score (nSPS) is 11.4. The highest BCUT2D eigenvalue weighted by Crippen LogP contribution is 2.41. The zero-order valence-electron chi connectivity index (χ0n) is 12.8. The van der Waals surface area contributed by atoms with E-state index in [1.165, 1.54) is 0 Å². The lowest BCUT2D eigenvalue weighted by atomic mass is 10.1. The molecule has 0 heterocycles. The molecular formula is C16H20ClNO3. The van der Waals surface area contributed by atoms with Gasteiger partial charge in [-0.05, 0) is 39.8 Å². The third-order valence-electron chi connectivity index (χ3n) is 2.66. The maximum absolute atomic E-state index is 8.97. The van der Waals surface area contributed by atoms with E-state index in [9.17, 15) is 0 Å². The molecule has 1 rings (SSSR count). The van der Waals surface area contributed by atoms with E-state index in [0.29, 0.717) is 53.2 Å². The number of rotatable bonds is 7. The van der Waals surface area contributed by atoms with E-state index < -0.39 is 0 Å². The Kier molecular flexibility index (Phi) is 6.90. The van der Waals surface area contributed by atoms with Crippen LogP contribution in [0.3, 0.4) is 0 Å². The second-order valence-corrected chi connectivity index (χ2v) is 4.53. The Bertz CT molecular complexity index is 534. The Morgan fingerprint density at radius 1 is 1.05 bits per heavy atom. The third-order valence-corrected chi connectivity index (χ3v) is 3.16. The first-order valence-corrected chi connectivity index (χ1v) is 7.29. The SMILES string of the molecule is CCOc1cc(C(Cl)=C(C)C#N)cc(OCC)c1OCC. The molecule has 21 heavy (non-hydrogen) atoms. The fourth-order valence-corrected chi connectivity index (χ4v) is 1.93. The molecule has 0 atom stereocenters. The quantitative estimate of drug-likeness (QED) is 0.701. The van der Waals surface area contributed by atoms with Crippen LogP contribution in [0, 0.1) is 11.3 Å². The summed E-state index contributed by atoms with van der Waals surface area (Å²) in [5.74, 6) is 1.68. The predicted molar refractivity (Wildman–Crippen MR) is 84.0 cm³/mol. The van der Waals surface area contributed by atoms with Gasteiger partial charge in [-0.2, -0.15) is 5.26 Å². The second-order valence-electron chi connectivity index (χ2n) is 4.15. The van der Waals surface area contributed by atoms with Gasteiger partial charge in [0.1, 0.15) is 0 Å². The predicted octanol–water partition coefficient (Wildman–Crippen LogP) is 4.38.